The van der Waals surface area contributed by atoms with Gasteiger partial charge in [-0.3, -0.25) is 9.59 Å². The molecule has 17 heavy (non-hydrogen) atoms. The van der Waals surface area contributed by atoms with Gasteiger partial charge in [0.15, 0.2) is 0 Å². The number of aromatic nitrogens is 2. The Morgan fingerprint density at radius 1 is 1.53 bits per heavy atom. The lowest BCUT2D eigenvalue weighted by molar-refractivity contribution is -0.138. The summed E-state index contributed by atoms with van der Waals surface area (Å²) in [4.78, 5) is 30.7. The second-order valence-electron chi connectivity index (χ2n) is 4.19. The Morgan fingerprint density at radius 2 is 2.24 bits per heavy atom. The number of carbonyl (C=O) groups is 2. The van der Waals surface area contributed by atoms with Gasteiger partial charge in [-0.05, 0) is 5.92 Å². The summed E-state index contributed by atoms with van der Waals surface area (Å²) < 4.78 is 0. The summed E-state index contributed by atoms with van der Waals surface area (Å²) in [6.07, 6.45) is 3.57. The smallest absolute Gasteiger partial charge is 0.303 e. The minimum atomic E-state index is -0.876. The van der Waals surface area contributed by atoms with Gasteiger partial charge in [-0.15, -0.1) is 0 Å². The Hall–Kier alpha value is -1.85. The van der Waals surface area contributed by atoms with Gasteiger partial charge in [0.2, 0.25) is 5.91 Å². The van der Waals surface area contributed by atoms with Crippen LogP contribution in [0.2, 0.25) is 0 Å². The molecule has 2 N–H and O–H groups in total. The molecular weight excluding hydrogens is 222 g/mol. The molecule has 0 radical (unpaired) electrons. The summed E-state index contributed by atoms with van der Waals surface area (Å²) in [7, 11) is 1.68. The molecule has 1 heterocycles. The standard InChI is InChI=1S/C11H17N3O3/c1-8(6-11(16)17)5-10(15)14(2)7-9-12-3-4-13-9/h3-4,8H,5-7H2,1-2H3,(H,12,13)(H,16,17). The molecule has 1 amide bonds. The Morgan fingerprint density at radius 3 is 2.76 bits per heavy atom. The maximum atomic E-state index is 11.8. The Labute approximate surface area is 99.7 Å². The molecule has 6 nitrogen and oxygen atoms in total. The first-order valence-electron chi connectivity index (χ1n) is 5.43. The van der Waals surface area contributed by atoms with Crippen molar-refractivity contribution in [3.05, 3.63) is 18.2 Å². The van der Waals surface area contributed by atoms with E-state index in [9.17, 15) is 9.59 Å². The first-order chi connectivity index (χ1) is 7.99. The van der Waals surface area contributed by atoms with Crippen LogP contribution in [0.15, 0.2) is 12.4 Å². The second-order valence-corrected chi connectivity index (χ2v) is 4.19. The van der Waals surface area contributed by atoms with Crippen molar-refractivity contribution in [1.82, 2.24) is 14.9 Å². The number of carboxylic acid groups (broad SMARTS) is 1. The van der Waals surface area contributed by atoms with Gasteiger partial charge >= 0.3 is 5.97 Å². The summed E-state index contributed by atoms with van der Waals surface area (Å²) in [5.74, 6) is -0.389. The third-order valence-electron chi connectivity index (χ3n) is 2.41. The van der Waals surface area contributed by atoms with Gasteiger partial charge in [-0.2, -0.15) is 0 Å². The van der Waals surface area contributed by atoms with E-state index in [1.54, 1.807) is 26.4 Å². The molecule has 0 saturated heterocycles. The van der Waals surface area contributed by atoms with Crippen LogP contribution < -0.4 is 0 Å². The van der Waals surface area contributed by atoms with Crippen LogP contribution >= 0.6 is 0 Å². The maximum absolute atomic E-state index is 11.8. The number of nitrogens with one attached hydrogen (secondary N) is 1. The molecule has 6 heteroatoms. The summed E-state index contributed by atoms with van der Waals surface area (Å²) in [6, 6.07) is 0. The molecule has 0 fully saturated rings. The van der Waals surface area contributed by atoms with Crippen LogP contribution in [0.3, 0.4) is 0 Å². The first kappa shape index (κ1) is 13.2. The van der Waals surface area contributed by atoms with E-state index in [0.29, 0.717) is 12.4 Å². The number of hydrogen-bond acceptors (Lipinski definition) is 3. The van der Waals surface area contributed by atoms with Gasteiger partial charge in [0.05, 0.1) is 6.54 Å². The fraction of sp³-hybridized carbons (Fsp3) is 0.545. The molecule has 0 spiro atoms. The van der Waals surface area contributed by atoms with E-state index in [0.717, 1.165) is 0 Å². The van der Waals surface area contributed by atoms with Crippen LogP contribution in [-0.4, -0.2) is 38.9 Å². The molecule has 0 aliphatic carbocycles. The first-order valence-corrected chi connectivity index (χ1v) is 5.43. The molecule has 0 aliphatic heterocycles. The highest BCUT2D eigenvalue weighted by Gasteiger charge is 2.16. The fourth-order valence-electron chi connectivity index (χ4n) is 1.52. The van der Waals surface area contributed by atoms with Crippen molar-refractivity contribution in [1.29, 1.82) is 0 Å². The average molecular weight is 239 g/mol. The topological polar surface area (TPSA) is 86.3 Å². The van der Waals surface area contributed by atoms with Gasteiger partial charge < -0.3 is 15.0 Å². The minimum absolute atomic E-state index is 0.0142. The van der Waals surface area contributed by atoms with E-state index in [1.807, 2.05) is 0 Å². The number of H-pyrrole nitrogens is 1. The average Bonchev–Trinajstić information content (AvgIpc) is 2.68. The van der Waals surface area contributed by atoms with Crippen molar-refractivity contribution in [2.75, 3.05) is 7.05 Å². The Bertz CT molecular complexity index is 375. The van der Waals surface area contributed by atoms with E-state index in [4.69, 9.17) is 5.11 Å². The van der Waals surface area contributed by atoms with Crippen molar-refractivity contribution in [2.24, 2.45) is 5.92 Å². The molecule has 1 unspecified atom stereocenters. The zero-order chi connectivity index (χ0) is 12.8. The molecule has 1 atom stereocenters. The van der Waals surface area contributed by atoms with Crippen LogP contribution in [0.4, 0.5) is 0 Å². The quantitative estimate of drug-likeness (QED) is 0.771. The van der Waals surface area contributed by atoms with E-state index >= 15 is 0 Å². The minimum Gasteiger partial charge on any atom is -0.481 e. The van der Waals surface area contributed by atoms with Crippen molar-refractivity contribution in [3.63, 3.8) is 0 Å². The summed E-state index contributed by atoms with van der Waals surface area (Å²) in [5.41, 5.74) is 0. The van der Waals surface area contributed by atoms with Gasteiger partial charge in [-0.1, -0.05) is 6.92 Å². The van der Waals surface area contributed by atoms with Crippen LogP contribution in [0.5, 0.6) is 0 Å². The molecule has 1 rings (SSSR count). The molecule has 0 aliphatic rings. The lowest BCUT2D eigenvalue weighted by Crippen LogP contribution is -2.28. The highest BCUT2D eigenvalue weighted by Crippen LogP contribution is 2.10. The second kappa shape index (κ2) is 6.03. The van der Waals surface area contributed by atoms with E-state index in [2.05, 4.69) is 9.97 Å². The fourth-order valence-corrected chi connectivity index (χ4v) is 1.52. The van der Waals surface area contributed by atoms with Crippen LogP contribution in [-0.2, 0) is 16.1 Å². The third kappa shape index (κ3) is 4.67. The number of hydrogen-bond donors (Lipinski definition) is 2. The predicted octanol–water partition coefficient (Wildman–Crippen LogP) is 0.869. The lowest BCUT2D eigenvalue weighted by Gasteiger charge is -2.17. The summed E-state index contributed by atoms with van der Waals surface area (Å²) in [5, 5.41) is 8.60. The number of aliphatic carboxylic acids is 1. The van der Waals surface area contributed by atoms with E-state index < -0.39 is 5.97 Å². The van der Waals surface area contributed by atoms with E-state index in [1.165, 1.54) is 4.90 Å². The van der Waals surface area contributed by atoms with Crippen molar-refractivity contribution in [3.8, 4) is 0 Å². The zero-order valence-electron chi connectivity index (χ0n) is 10.0. The van der Waals surface area contributed by atoms with Gasteiger partial charge in [0.1, 0.15) is 5.82 Å². The highest BCUT2D eigenvalue weighted by atomic mass is 16.4. The van der Waals surface area contributed by atoms with Crippen LogP contribution in [0.25, 0.3) is 0 Å². The van der Waals surface area contributed by atoms with Gasteiger partial charge in [0.25, 0.3) is 0 Å². The number of amides is 1. The maximum Gasteiger partial charge on any atom is 0.303 e. The number of rotatable bonds is 6. The highest BCUT2D eigenvalue weighted by molar-refractivity contribution is 5.77. The summed E-state index contributed by atoms with van der Waals surface area (Å²) >= 11 is 0. The summed E-state index contributed by atoms with van der Waals surface area (Å²) in [6.45, 7) is 2.17. The van der Waals surface area contributed by atoms with Crippen molar-refractivity contribution < 1.29 is 14.7 Å². The van der Waals surface area contributed by atoms with E-state index in [-0.39, 0.29) is 24.7 Å². The number of carboxylic acids is 1. The number of imidazole rings is 1. The normalized spacial score (nSPS) is 12.1. The van der Waals surface area contributed by atoms with Gasteiger partial charge in [-0.25, -0.2) is 4.98 Å². The third-order valence-corrected chi connectivity index (χ3v) is 2.41. The van der Waals surface area contributed by atoms with Gasteiger partial charge in [0, 0.05) is 32.3 Å². The molecule has 1 aromatic heterocycles. The monoisotopic (exact) mass is 239 g/mol. The molecule has 0 aromatic carbocycles. The van der Waals surface area contributed by atoms with Crippen molar-refractivity contribution >= 4 is 11.9 Å². The van der Waals surface area contributed by atoms with Crippen molar-refractivity contribution in [2.45, 2.75) is 26.3 Å². The Balaban J connectivity index is 2.39. The molecular formula is C11H17N3O3. The molecule has 1 aromatic rings. The van der Waals surface area contributed by atoms with Crippen LogP contribution in [0.1, 0.15) is 25.6 Å². The predicted molar refractivity (Wildman–Crippen MR) is 61.1 cm³/mol. The molecule has 0 bridgehead atoms. The SMILES string of the molecule is CC(CC(=O)O)CC(=O)N(C)Cc1ncc[nH]1. The van der Waals surface area contributed by atoms with Crippen LogP contribution in [0, 0.1) is 5.92 Å². The Kier molecular flexibility index (Phi) is 4.68. The number of nitrogens with zero attached hydrogens (tertiary/aromatic N) is 2. The number of carbonyl (C=O) groups excluding carboxylic acids is 1. The largest absolute Gasteiger partial charge is 0.481 e. The number of aromatic amines is 1. The molecule has 94 valence electrons. The lowest BCUT2D eigenvalue weighted by atomic mass is 10.0. The molecule has 0 saturated carbocycles. The zero-order valence-corrected chi connectivity index (χ0v) is 10.0.